The number of nitrogens with zero attached hydrogens (tertiary/aromatic N) is 4. The molecule has 0 bridgehead atoms. The topological polar surface area (TPSA) is 90.6 Å². The molecule has 2 aromatic heterocycles. The first-order chi connectivity index (χ1) is 12.7. The van der Waals surface area contributed by atoms with Crippen molar-refractivity contribution >= 4 is 28.0 Å². The van der Waals surface area contributed by atoms with Gasteiger partial charge < -0.3 is 9.88 Å². The van der Waals surface area contributed by atoms with Gasteiger partial charge in [0, 0.05) is 12.1 Å². The summed E-state index contributed by atoms with van der Waals surface area (Å²) in [5.41, 5.74) is 3.29. The van der Waals surface area contributed by atoms with Crippen molar-refractivity contribution in [2.75, 3.05) is 6.54 Å². The van der Waals surface area contributed by atoms with Crippen LogP contribution >= 0.6 is 0 Å². The van der Waals surface area contributed by atoms with E-state index in [1.54, 1.807) is 24.3 Å². The van der Waals surface area contributed by atoms with E-state index in [9.17, 15) is 9.18 Å². The number of aromatic amines is 2. The molecule has 0 saturated carbocycles. The minimum absolute atomic E-state index is 0.0657. The Morgan fingerprint density at radius 1 is 1.12 bits per heavy atom. The van der Waals surface area contributed by atoms with E-state index in [0.29, 0.717) is 34.5 Å². The lowest BCUT2D eigenvalue weighted by molar-refractivity contribution is 0.0730. The summed E-state index contributed by atoms with van der Waals surface area (Å²) in [7, 11) is 0. The molecule has 26 heavy (non-hydrogen) atoms. The molecule has 0 radical (unpaired) electrons. The molecule has 3 heterocycles. The Labute approximate surface area is 147 Å². The van der Waals surface area contributed by atoms with Crippen molar-refractivity contribution in [1.29, 1.82) is 0 Å². The Kier molecular flexibility index (Phi) is 3.24. The molecular weight excluding hydrogens is 335 g/mol. The highest BCUT2D eigenvalue weighted by Gasteiger charge is 2.32. The van der Waals surface area contributed by atoms with Gasteiger partial charge in [0.1, 0.15) is 22.7 Å². The number of likely N-dealkylation sites (tertiary alicyclic amines) is 1. The summed E-state index contributed by atoms with van der Waals surface area (Å²) < 4.78 is 13.4. The lowest BCUT2D eigenvalue weighted by Gasteiger charge is -2.23. The molecule has 1 amide bonds. The third-order valence-corrected chi connectivity index (χ3v) is 4.85. The van der Waals surface area contributed by atoms with Gasteiger partial charge in [0.05, 0.1) is 17.1 Å². The molecule has 7 nitrogen and oxygen atoms in total. The maximum atomic E-state index is 13.4. The van der Waals surface area contributed by atoms with Gasteiger partial charge in [0.2, 0.25) is 0 Å². The predicted molar refractivity (Wildman–Crippen MR) is 93.0 cm³/mol. The van der Waals surface area contributed by atoms with Gasteiger partial charge >= 0.3 is 0 Å². The first-order valence-corrected chi connectivity index (χ1v) is 8.46. The van der Waals surface area contributed by atoms with Crippen LogP contribution in [-0.2, 0) is 0 Å². The number of H-pyrrole nitrogens is 2. The molecule has 1 unspecified atom stereocenters. The van der Waals surface area contributed by atoms with Gasteiger partial charge in [-0.25, -0.2) is 9.37 Å². The fraction of sp³-hybridized carbons (Fsp3) is 0.222. The molecule has 0 aliphatic carbocycles. The Morgan fingerprint density at radius 3 is 2.88 bits per heavy atom. The third kappa shape index (κ3) is 2.33. The summed E-state index contributed by atoms with van der Waals surface area (Å²) in [5.74, 6) is 0.316. The van der Waals surface area contributed by atoms with Crippen LogP contribution in [0.1, 0.15) is 35.1 Å². The molecule has 1 fully saturated rings. The molecule has 130 valence electrons. The van der Waals surface area contributed by atoms with Crippen molar-refractivity contribution in [3.8, 4) is 0 Å². The highest BCUT2D eigenvalue weighted by Crippen LogP contribution is 2.33. The van der Waals surface area contributed by atoms with Gasteiger partial charge in [-0.3, -0.25) is 4.79 Å². The lowest BCUT2D eigenvalue weighted by Crippen LogP contribution is -2.31. The summed E-state index contributed by atoms with van der Waals surface area (Å²) in [6.45, 7) is 0.658. The van der Waals surface area contributed by atoms with Crippen LogP contribution in [0.5, 0.6) is 0 Å². The summed E-state index contributed by atoms with van der Waals surface area (Å²) >= 11 is 0. The molecule has 4 aromatic rings. The first-order valence-electron chi connectivity index (χ1n) is 8.46. The van der Waals surface area contributed by atoms with E-state index in [-0.39, 0.29) is 17.8 Å². The number of nitrogens with one attached hydrogen (secondary N) is 2. The zero-order chi connectivity index (χ0) is 17.7. The van der Waals surface area contributed by atoms with Crippen molar-refractivity contribution in [2.24, 2.45) is 0 Å². The second-order valence-corrected chi connectivity index (χ2v) is 6.47. The van der Waals surface area contributed by atoms with Gasteiger partial charge in [0.25, 0.3) is 5.91 Å². The van der Waals surface area contributed by atoms with Gasteiger partial charge in [-0.15, -0.1) is 0 Å². The van der Waals surface area contributed by atoms with Gasteiger partial charge in [-0.1, -0.05) is 0 Å². The number of carbonyl (C=O) groups excluding carboxylic acids is 1. The molecule has 2 N–H and O–H groups in total. The summed E-state index contributed by atoms with van der Waals surface area (Å²) in [5, 5.41) is 10.6. The number of rotatable bonds is 2. The van der Waals surface area contributed by atoms with E-state index in [1.165, 1.54) is 12.1 Å². The molecule has 1 aliphatic rings. The second-order valence-electron chi connectivity index (χ2n) is 6.47. The molecule has 1 saturated heterocycles. The highest BCUT2D eigenvalue weighted by molar-refractivity contribution is 5.97. The van der Waals surface area contributed by atoms with Gasteiger partial charge in [-0.2, -0.15) is 15.4 Å². The van der Waals surface area contributed by atoms with Gasteiger partial charge in [-0.05, 0) is 49.2 Å². The largest absolute Gasteiger partial charge is 0.340 e. The van der Waals surface area contributed by atoms with Crippen LogP contribution in [0.25, 0.3) is 22.1 Å². The minimum atomic E-state index is -0.312. The number of aromatic nitrogens is 5. The van der Waals surface area contributed by atoms with Crippen LogP contribution in [0.3, 0.4) is 0 Å². The number of fused-ring (bicyclic) bond motifs is 2. The number of amides is 1. The Morgan fingerprint density at radius 2 is 1.96 bits per heavy atom. The van der Waals surface area contributed by atoms with Crippen molar-refractivity contribution in [1.82, 2.24) is 30.3 Å². The normalized spacial score (nSPS) is 17.4. The van der Waals surface area contributed by atoms with Gasteiger partial charge in [0.15, 0.2) is 0 Å². The maximum Gasteiger partial charge on any atom is 0.254 e. The second kappa shape index (κ2) is 5.62. The van der Waals surface area contributed by atoms with E-state index in [2.05, 4.69) is 25.4 Å². The Hall–Kier alpha value is -3.29. The first kappa shape index (κ1) is 15.0. The van der Waals surface area contributed by atoms with E-state index in [0.717, 1.165) is 18.4 Å². The number of hydrogen-bond donors (Lipinski definition) is 2. The quantitative estimate of drug-likeness (QED) is 0.581. The number of imidazole rings is 1. The average Bonchev–Trinajstić information content (AvgIpc) is 3.37. The number of benzene rings is 2. The van der Waals surface area contributed by atoms with E-state index >= 15 is 0 Å². The fourth-order valence-electron chi connectivity index (χ4n) is 3.59. The van der Waals surface area contributed by atoms with Crippen molar-refractivity contribution < 1.29 is 9.18 Å². The Balaban J connectivity index is 1.49. The zero-order valence-electron chi connectivity index (χ0n) is 13.7. The molecule has 5 rings (SSSR count). The van der Waals surface area contributed by atoms with Crippen molar-refractivity contribution in [2.45, 2.75) is 18.9 Å². The average molecular weight is 350 g/mol. The SMILES string of the molecule is O=C(c1ccc2n[nH]nc2c1)N1CCCC1c1nc2ccc(F)cc2[nH]1. The van der Waals surface area contributed by atoms with Crippen molar-refractivity contribution in [3.05, 3.63) is 53.6 Å². The van der Waals surface area contributed by atoms with E-state index in [1.807, 2.05) is 4.90 Å². The van der Waals surface area contributed by atoms with Crippen LogP contribution in [0.15, 0.2) is 36.4 Å². The molecule has 0 spiro atoms. The van der Waals surface area contributed by atoms with Crippen LogP contribution in [-0.4, -0.2) is 42.7 Å². The number of carbonyl (C=O) groups is 1. The van der Waals surface area contributed by atoms with Crippen LogP contribution in [0.4, 0.5) is 4.39 Å². The summed E-state index contributed by atoms with van der Waals surface area (Å²) in [4.78, 5) is 22.6. The number of halogens is 1. The molecule has 2 aromatic carbocycles. The molecule has 8 heteroatoms. The molecule has 1 aliphatic heterocycles. The molecule has 1 atom stereocenters. The van der Waals surface area contributed by atoms with Crippen LogP contribution in [0, 0.1) is 5.82 Å². The molecular formula is C18H15FN6O. The van der Waals surface area contributed by atoms with E-state index in [4.69, 9.17) is 0 Å². The summed E-state index contributed by atoms with van der Waals surface area (Å²) in [6.07, 6.45) is 1.72. The van der Waals surface area contributed by atoms with Crippen LogP contribution in [0.2, 0.25) is 0 Å². The number of hydrogen-bond acceptors (Lipinski definition) is 4. The smallest absolute Gasteiger partial charge is 0.254 e. The van der Waals surface area contributed by atoms with Crippen LogP contribution < -0.4 is 0 Å². The third-order valence-electron chi connectivity index (χ3n) is 4.85. The minimum Gasteiger partial charge on any atom is -0.340 e. The van der Waals surface area contributed by atoms with E-state index < -0.39 is 0 Å². The lowest BCUT2D eigenvalue weighted by atomic mass is 10.1. The zero-order valence-corrected chi connectivity index (χ0v) is 13.7. The summed E-state index contributed by atoms with van der Waals surface area (Å²) in [6, 6.07) is 9.58. The van der Waals surface area contributed by atoms with Crippen molar-refractivity contribution in [3.63, 3.8) is 0 Å². The monoisotopic (exact) mass is 350 g/mol. The highest BCUT2D eigenvalue weighted by atomic mass is 19.1. The predicted octanol–water partition coefficient (Wildman–Crippen LogP) is 2.95. The maximum absolute atomic E-state index is 13.4. The fourth-order valence-corrected chi connectivity index (χ4v) is 3.59. The Bertz CT molecular complexity index is 1130. The standard InChI is InChI=1S/C18H15FN6O/c19-11-4-6-12-14(9-11)21-17(20-12)16-2-1-7-25(16)18(26)10-3-5-13-15(8-10)23-24-22-13/h3-6,8-9,16H,1-2,7H2,(H,20,21)(H,22,23,24).